The number of nitrogens with two attached hydrogens (primary N) is 1. The molecule has 0 aliphatic carbocycles. The van der Waals surface area contributed by atoms with Gasteiger partial charge in [0.2, 0.25) is 5.91 Å². The Balaban J connectivity index is 3.38. The maximum atomic E-state index is 13.1. The van der Waals surface area contributed by atoms with Gasteiger partial charge in [0.15, 0.2) is 0 Å². The molecule has 0 aromatic heterocycles. The quantitative estimate of drug-likeness (QED) is 0.590. The van der Waals surface area contributed by atoms with E-state index in [1.165, 1.54) is 6.07 Å². The lowest BCUT2D eigenvalue weighted by Crippen LogP contribution is -2.50. The molecule has 11 heteroatoms. The molecule has 0 aliphatic rings. The zero-order valence-corrected chi connectivity index (χ0v) is 16.8. The topological polar surface area (TPSA) is 119 Å². The molecular weight excluding hydrogens is 449 g/mol. The van der Waals surface area contributed by atoms with E-state index in [2.05, 4.69) is 21.2 Å². The Morgan fingerprint density at radius 2 is 1.79 bits per heavy atom. The van der Waals surface area contributed by atoms with Gasteiger partial charge in [-0.1, -0.05) is 15.9 Å². The minimum atomic E-state index is -4.70. The van der Waals surface area contributed by atoms with Gasteiger partial charge in [0.25, 0.3) is 0 Å². The van der Waals surface area contributed by atoms with E-state index in [4.69, 9.17) is 15.6 Å². The highest BCUT2D eigenvalue weighted by Gasteiger charge is 2.36. The number of rotatable bonds is 6. The molecule has 2 atom stereocenters. The van der Waals surface area contributed by atoms with Crippen LogP contribution in [0.3, 0.4) is 0 Å². The van der Waals surface area contributed by atoms with Crippen molar-refractivity contribution < 1.29 is 37.4 Å². The Bertz CT molecular complexity index is 762. The number of amides is 2. The number of nitrogens with one attached hydrogen (secondary N) is 1. The Hall–Kier alpha value is -2.30. The van der Waals surface area contributed by atoms with E-state index in [-0.39, 0.29) is 10.0 Å². The predicted molar refractivity (Wildman–Crippen MR) is 96.5 cm³/mol. The molecule has 0 saturated carbocycles. The number of benzene rings is 1. The molecule has 1 unspecified atom stereocenters. The summed E-state index contributed by atoms with van der Waals surface area (Å²) in [6.45, 7) is 4.68. The van der Waals surface area contributed by atoms with Gasteiger partial charge in [0.1, 0.15) is 11.6 Å². The standard InChI is InChI=1S/C17H20BrF3N2O5/c1-16(2,3)28-15(27)23-13(14(22)26)11(7-12(24)25)8-4-9(17(19,20)21)6-10(18)5-8/h4-6,11,13H,7H2,1-3H3,(H2,22,26)(H,23,27)(H,24,25)/t11-,13?/m0/s1. The summed E-state index contributed by atoms with van der Waals surface area (Å²) in [5.41, 5.74) is 3.18. The van der Waals surface area contributed by atoms with E-state index >= 15 is 0 Å². The molecule has 0 saturated heterocycles. The summed E-state index contributed by atoms with van der Waals surface area (Å²) in [7, 11) is 0. The van der Waals surface area contributed by atoms with Gasteiger partial charge in [0.05, 0.1) is 12.0 Å². The van der Waals surface area contributed by atoms with E-state index in [0.29, 0.717) is 6.07 Å². The van der Waals surface area contributed by atoms with Crippen LogP contribution in [-0.4, -0.2) is 34.7 Å². The minimum Gasteiger partial charge on any atom is -0.481 e. The first kappa shape index (κ1) is 23.7. The number of alkyl halides is 3. The monoisotopic (exact) mass is 468 g/mol. The molecule has 0 aliphatic heterocycles. The number of primary amides is 1. The first-order valence-electron chi connectivity index (χ1n) is 7.98. The van der Waals surface area contributed by atoms with Crippen molar-refractivity contribution >= 4 is 33.9 Å². The van der Waals surface area contributed by atoms with Crippen molar-refractivity contribution in [2.45, 2.75) is 50.9 Å². The van der Waals surface area contributed by atoms with Gasteiger partial charge >= 0.3 is 18.2 Å². The summed E-state index contributed by atoms with van der Waals surface area (Å²) in [4.78, 5) is 35.2. The number of hydrogen-bond acceptors (Lipinski definition) is 4. The van der Waals surface area contributed by atoms with Crippen molar-refractivity contribution in [1.29, 1.82) is 0 Å². The number of halogens is 4. The number of carboxylic acid groups (broad SMARTS) is 1. The van der Waals surface area contributed by atoms with Crippen molar-refractivity contribution in [3.63, 3.8) is 0 Å². The molecular formula is C17H20BrF3N2O5. The number of hydrogen-bond donors (Lipinski definition) is 3. The highest BCUT2D eigenvalue weighted by molar-refractivity contribution is 9.10. The fourth-order valence-electron chi connectivity index (χ4n) is 2.41. The number of carbonyl (C=O) groups is 3. The fraction of sp³-hybridized carbons (Fsp3) is 0.471. The fourth-order valence-corrected chi connectivity index (χ4v) is 2.92. The van der Waals surface area contributed by atoms with Crippen LogP contribution in [0.2, 0.25) is 0 Å². The molecule has 4 N–H and O–H groups in total. The summed E-state index contributed by atoms with van der Waals surface area (Å²) in [6.07, 6.45) is -6.51. The van der Waals surface area contributed by atoms with Crippen LogP contribution in [0.25, 0.3) is 0 Å². The lowest BCUT2D eigenvalue weighted by atomic mass is 9.87. The third-order valence-electron chi connectivity index (χ3n) is 3.45. The minimum absolute atomic E-state index is 0.0215. The number of carboxylic acids is 1. The van der Waals surface area contributed by atoms with Crippen molar-refractivity contribution in [3.8, 4) is 0 Å². The largest absolute Gasteiger partial charge is 0.481 e. The van der Waals surface area contributed by atoms with Gasteiger partial charge in [-0.05, 0) is 44.5 Å². The van der Waals surface area contributed by atoms with Gasteiger partial charge in [-0.15, -0.1) is 0 Å². The van der Waals surface area contributed by atoms with Crippen LogP contribution in [0.15, 0.2) is 22.7 Å². The van der Waals surface area contributed by atoms with E-state index in [9.17, 15) is 27.6 Å². The molecule has 1 rings (SSSR count). The molecule has 7 nitrogen and oxygen atoms in total. The summed E-state index contributed by atoms with van der Waals surface area (Å²) in [5, 5.41) is 11.3. The Morgan fingerprint density at radius 1 is 1.21 bits per heavy atom. The second-order valence-electron chi connectivity index (χ2n) is 7.00. The maximum absolute atomic E-state index is 13.1. The summed E-state index contributed by atoms with van der Waals surface area (Å²) in [5.74, 6) is -3.87. The lowest BCUT2D eigenvalue weighted by Gasteiger charge is -2.27. The molecule has 0 radical (unpaired) electrons. The van der Waals surface area contributed by atoms with E-state index in [1.807, 2.05) is 0 Å². The normalized spacial score (nSPS) is 14.1. The molecule has 1 aromatic rings. The smallest absolute Gasteiger partial charge is 0.416 e. The van der Waals surface area contributed by atoms with Crippen molar-refractivity contribution in [2.24, 2.45) is 5.73 Å². The molecule has 156 valence electrons. The van der Waals surface area contributed by atoms with Crippen molar-refractivity contribution in [2.75, 3.05) is 0 Å². The molecule has 2 amide bonds. The molecule has 0 fully saturated rings. The number of ether oxygens (including phenoxy) is 1. The predicted octanol–water partition coefficient (Wildman–Crippen LogP) is 3.40. The van der Waals surface area contributed by atoms with Crippen molar-refractivity contribution in [1.82, 2.24) is 5.32 Å². The van der Waals surface area contributed by atoms with Gasteiger partial charge in [-0.2, -0.15) is 13.2 Å². The average molecular weight is 469 g/mol. The molecule has 0 heterocycles. The van der Waals surface area contributed by atoms with Crippen LogP contribution in [0.4, 0.5) is 18.0 Å². The van der Waals surface area contributed by atoms with Crippen molar-refractivity contribution in [3.05, 3.63) is 33.8 Å². The Morgan fingerprint density at radius 3 is 2.21 bits per heavy atom. The van der Waals surface area contributed by atoms with Crippen LogP contribution >= 0.6 is 15.9 Å². The zero-order chi connectivity index (χ0) is 21.9. The lowest BCUT2D eigenvalue weighted by molar-refractivity contribution is -0.138. The maximum Gasteiger partial charge on any atom is 0.416 e. The highest BCUT2D eigenvalue weighted by atomic mass is 79.9. The van der Waals surface area contributed by atoms with Gasteiger partial charge in [-0.25, -0.2) is 4.79 Å². The number of aliphatic carboxylic acids is 1. The second-order valence-corrected chi connectivity index (χ2v) is 7.92. The third-order valence-corrected chi connectivity index (χ3v) is 3.91. The Kier molecular flexibility index (Phi) is 7.46. The van der Waals surface area contributed by atoms with Crippen LogP contribution < -0.4 is 11.1 Å². The van der Waals surface area contributed by atoms with Gasteiger partial charge < -0.3 is 20.9 Å². The Labute approximate surface area is 167 Å². The average Bonchev–Trinajstić information content (AvgIpc) is 2.46. The second kappa shape index (κ2) is 8.80. The number of carbonyl (C=O) groups excluding carboxylic acids is 2. The first-order chi connectivity index (χ1) is 12.6. The van der Waals surface area contributed by atoms with E-state index in [1.54, 1.807) is 20.8 Å². The van der Waals surface area contributed by atoms with Gasteiger partial charge in [-0.3, -0.25) is 9.59 Å². The van der Waals surface area contributed by atoms with Crippen LogP contribution in [0.5, 0.6) is 0 Å². The van der Waals surface area contributed by atoms with Crippen LogP contribution in [0.1, 0.15) is 44.2 Å². The summed E-state index contributed by atoms with van der Waals surface area (Å²) < 4.78 is 44.4. The first-order valence-corrected chi connectivity index (χ1v) is 8.78. The molecule has 0 spiro atoms. The molecule has 28 heavy (non-hydrogen) atoms. The molecule has 1 aromatic carbocycles. The zero-order valence-electron chi connectivity index (χ0n) is 15.3. The summed E-state index contributed by atoms with van der Waals surface area (Å²) >= 11 is 2.94. The highest BCUT2D eigenvalue weighted by Crippen LogP contribution is 2.35. The third kappa shape index (κ3) is 7.37. The molecule has 0 bridgehead atoms. The van der Waals surface area contributed by atoms with E-state index in [0.717, 1.165) is 6.07 Å². The number of alkyl carbamates (subject to hydrolysis) is 1. The van der Waals surface area contributed by atoms with Crippen LogP contribution in [-0.2, 0) is 20.5 Å². The van der Waals surface area contributed by atoms with Crippen LogP contribution in [0, 0.1) is 0 Å². The van der Waals surface area contributed by atoms with Gasteiger partial charge in [0, 0.05) is 10.4 Å². The SMILES string of the molecule is CC(C)(C)OC(=O)NC(C(N)=O)[C@@H](CC(=O)O)c1cc(Br)cc(C(F)(F)F)c1. The van der Waals surface area contributed by atoms with E-state index < -0.39 is 53.7 Å². The summed E-state index contributed by atoms with van der Waals surface area (Å²) in [6, 6.07) is 1.14.